The lowest BCUT2D eigenvalue weighted by Gasteiger charge is -2.33. The zero-order valence-corrected chi connectivity index (χ0v) is 18.3. The fraction of sp³-hybridized carbons (Fsp3) is 0.591. The third-order valence-corrected chi connectivity index (χ3v) is 5.33. The lowest BCUT2D eigenvalue weighted by molar-refractivity contribution is -0.126. The number of hydrogen-bond donors (Lipinski definition) is 1. The molecule has 0 radical (unpaired) electrons. The van der Waals surface area contributed by atoms with Crippen LogP contribution in [0.4, 0.5) is 4.79 Å². The number of aromatic nitrogens is 2. The van der Waals surface area contributed by atoms with Crippen LogP contribution in [0, 0.1) is 5.92 Å². The molecule has 1 fully saturated rings. The highest BCUT2D eigenvalue weighted by Gasteiger charge is 2.30. The largest absolute Gasteiger partial charge is 0.444 e. The van der Waals surface area contributed by atoms with Crippen LogP contribution >= 0.6 is 0 Å². The number of hydrogen-bond acceptors (Lipinski definition) is 4. The number of piperidine rings is 1. The third-order valence-electron chi connectivity index (χ3n) is 5.33. The summed E-state index contributed by atoms with van der Waals surface area (Å²) in [5.74, 6) is -0.350. The van der Waals surface area contributed by atoms with Crippen LogP contribution in [0.15, 0.2) is 29.3 Å². The second kappa shape index (κ2) is 8.93. The molecule has 3 heterocycles. The lowest BCUT2D eigenvalue weighted by atomic mass is 9.97. The second-order valence-electron chi connectivity index (χ2n) is 8.78. The monoisotopic (exact) mass is 416 g/mol. The molecule has 0 aliphatic carbocycles. The number of carbonyl (C=O) groups is 2. The minimum atomic E-state index is -0.557. The summed E-state index contributed by atoms with van der Waals surface area (Å²) in [6.45, 7) is 9.94. The van der Waals surface area contributed by atoms with E-state index >= 15 is 0 Å². The number of pyridine rings is 1. The molecule has 30 heavy (non-hydrogen) atoms. The predicted molar refractivity (Wildman–Crippen MR) is 115 cm³/mol. The van der Waals surface area contributed by atoms with E-state index in [-0.39, 0.29) is 23.5 Å². The smallest absolute Gasteiger partial charge is 0.410 e. The molecule has 1 atom stereocenters. The average Bonchev–Trinajstić information content (AvgIpc) is 3.12. The summed E-state index contributed by atoms with van der Waals surface area (Å²) in [6.07, 6.45) is 4.81. The van der Waals surface area contributed by atoms with Crippen molar-refractivity contribution in [3.8, 4) is 0 Å². The Morgan fingerprint density at radius 3 is 2.57 bits per heavy atom. The predicted octanol–water partition coefficient (Wildman–Crippen LogP) is 2.59. The number of fused-ring (bicyclic) bond motifs is 1. The van der Waals surface area contributed by atoms with Gasteiger partial charge in [-0.2, -0.15) is 0 Å². The topological polar surface area (TPSA) is 85.6 Å². The SMILES string of the molecule is CCn1ccc2ccn(CCNC(=O)[C@H]3CCCN(C(=O)OC(C)(C)C)C3)c(=O)c21. The molecular weight excluding hydrogens is 384 g/mol. The fourth-order valence-corrected chi connectivity index (χ4v) is 3.81. The number of nitrogens with zero attached hydrogens (tertiary/aromatic N) is 3. The van der Waals surface area contributed by atoms with Gasteiger partial charge >= 0.3 is 6.09 Å². The minimum Gasteiger partial charge on any atom is -0.444 e. The third kappa shape index (κ3) is 5.04. The Morgan fingerprint density at radius 2 is 1.90 bits per heavy atom. The molecule has 1 aliphatic rings. The van der Waals surface area contributed by atoms with Crippen LogP contribution < -0.4 is 10.9 Å². The van der Waals surface area contributed by atoms with Gasteiger partial charge in [-0.05, 0) is 52.7 Å². The number of ether oxygens (including phenoxy) is 1. The van der Waals surface area contributed by atoms with Crippen LogP contribution in [-0.4, -0.2) is 51.3 Å². The number of nitrogens with one attached hydrogen (secondary N) is 1. The van der Waals surface area contributed by atoms with Crippen molar-refractivity contribution in [2.75, 3.05) is 19.6 Å². The van der Waals surface area contributed by atoms with Crippen molar-refractivity contribution in [1.29, 1.82) is 0 Å². The summed E-state index contributed by atoms with van der Waals surface area (Å²) in [7, 11) is 0. The van der Waals surface area contributed by atoms with Gasteiger partial charge < -0.3 is 24.1 Å². The Kier molecular flexibility index (Phi) is 6.53. The van der Waals surface area contributed by atoms with Crippen molar-refractivity contribution in [3.05, 3.63) is 34.9 Å². The molecule has 164 valence electrons. The average molecular weight is 417 g/mol. The Hall–Kier alpha value is -2.77. The first kappa shape index (κ1) is 21.9. The van der Waals surface area contributed by atoms with E-state index in [1.165, 1.54) is 0 Å². The maximum absolute atomic E-state index is 12.8. The van der Waals surface area contributed by atoms with Gasteiger partial charge in [0.25, 0.3) is 5.56 Å². The van der Waals surface area contributed by atoms with Gasteiger partial charge in [0.15, 0.2) is 0 Å². The van der Waals surface area contributed by atoms with Crippen LogP contribution in [0.25, 0.3) is 10.9 Å². The number of aryl methyl sites for hydroxylation is 1. The fourth-order valence-electron chi connectivity index (χ4n) is 3.81. The van der Waals surface area contributed by atoms with E-state index in [2.05, 4.69) is 5.32 Å². The molecule has 3 rings (SSSR count). The molecule has 0 aromatic carbocycles. The number of carbonyl (C=O) groups excluding carboxylic acids is 2. The van der Waals surface area contributed by atoms with Gasteiger partial charge in [-0.1, -0.05) is 0 Å². The second-order valence-corrected chi connectivity index (χ2v) is 8.78. The molecule has 1 N–H and O–H groups in total. The molecule has 8 heteroatoms. The molecule has 0 unspecified atom stereocenters. The van der Waals surface area contributed by atoms with Gasteiger partial charge in [-0.15, -0.1) is 0 Å². The van der Waals surface area contributed by atoms with Crippen molar-refractivity contribution in [2.24, 2.45) is 5.92 Å². The van der Waals surface area contributed by atoms with E-state index in [1.54, 1.807) is 15.7 Å². The first-order valence-corrected chi connectivity index (χ1v) is 10.6. The van der Waals surface area contributed by atoms with Gasteiger partial charge in [0.05, 0.1) is 5.92 Å². The molecule has 2 aromatic rings. The van der Waals surface area contributed by atoms with E-state index in [0.29, 0.717) is 31.7 Å². The van der Waals surface area contributed by atoms with Gasteiger partial charge in [0.2, 0.25) is 5.91 Å². The van der Waals surface area contributed by atoms with Crippen molar-refractivity contribution < 1.29 is 14.3 Å². The highest BCUT2D eigenvalue weighted by Crippen LogP contribution is 2.19. The molecule has 1 saturated heterocycles. The van der Waals surface area contributed by atoms with Crippen LogP contribution in [0.3, 0.4) is 0 Å². The summed E-state index contributed by atoms with van der Waals surface area (Å²) >= 11 is 0. The van der Waals surface area contributed by atoms with E-state index in [1.807, 2.05) is 50.6 Å². The highest BCUT2D eigenvalue weighted by atomic mass is 16.6. The van der Waals surface area contributed by atoms with Crippen LogP contribution in [0.1, 0.15) is 40.5 Å². The quantitative estimate of drug-likeness (QED) is 0.812. The van der Waals surface area contributed by atoms with Crippen LogP contribution in [-0.2, 0) is 22.6 Å². The first-order valence-electron chi connectivity index (χ1n) is 10.6. The zero-order chi connectivity index (χ0) is 21.9. The molecule has 0 saturated carbocycles. The van der Waals surface area contributed by atoms with Crippen LogP contribution in [0.2, 0.25) is 0 Å². The number of rotatable bonds is 5. The minimum absolute atomic E-state index is 0.0534. The maximum Gasteiger partial charge on any atom is 0.410 e. The van der Waals surface area contributed by atoms with E-state index in [0.717, 1.165) is 24.8 Å². The molecule has 1 aliphatic heterocycles. The highest BCUT2D eigenvalue weighted by molar-refractivity contribution is 5.80. The van der Waals surface area contributed by atoms with Crippen molar-refractivity contribution in [3.63, 3.8) is 0 Å². The normalized spacial score (nSPS) is 17.2. The van der Waals surface area contributed by atoms with Crippen molar-refractivity contribution in [2.45, 2.75) is 59.2 Å². The molecule has 0 spiro atoms. The number of amides is 2. The Balaban J connectivity index is 1.56. The molecule has 2 amide bonds. The zero-order valence-electron chi connectivity index (χ0n) is 18.3. The van der Waals surface area contributed by atoms with Gasteiger partial charge in [0, 0.05) is 50.5 Å². The van der Waals surface area contributed by atoms with Crippen LogP contribution in [0.5, 0.6) is 0 Å². The van der Waals surface area contributed by atoms with Gasteiger partial charge in [-0.25, -0.2) is 4.79 Å². The molecular formula is C22H32N4O4. The summed E-state index contributed by atoms with van der Waals surface area (Å²) < 4.78 is 8.98. The molecule has 2 aromatic heterocycles. The van der Waals surface area contributed by atoms with E-state index < -0.39 is 5.60 Å². The summed E-state index contributed by atoms with van der Waals surface area (Å²) in [5.41, 5.74) is 0.0761. The Morgan fingerprint density at radius 1 is 1.20 bits per heavy atom. The van der Waals surface area contributed by atoms with Gasteiger partial charge in [0.1, 0.15) is 11.1 Å². The maximum atomic E-state index is 12.8. The van der Waals surface area contributed by atoms with Gasteiger partial charge in [-0.3, -0.25) is 9.59 Å². The van der Waals surface area contributed by atoms with Crippen molar-refractivity contribution >= 4 is 22.9 Å². The molecule has 0 bridgehead atoms. The number of likely N-dealkylation sites (tertiary alicyclic amines) is 1. The Labute approximate surface area is 176 Å². The lowest BCUT2D eigenvalue weighted by Crippen LogP contribution is -2.47. The summed E-state index contributed by atoms with van der Waals surface area (Å²) in [4.78, 5) is 39.3. The summed E-state index contributed by atoms with van der Waals surface area (Å²) in [6, 6.07) is 3.86. The Bertz CT molecular complexity index is 970. The van der Waals surface area contributed by atoms with E-state index in [9.17, 15) is 14.4 Å². The molecule has 8 nitrogen and oxygen atoms in total. The van der Waals surface area contributed by atoms with E-state index in [4.69, 9.17) is 4.74 Å². The standard InChI is InChI=1S/C22H32N4O4/c1-5-24-12-8-16-9-13-25(20(28)18(16)24)14-10-23-19(27)17-7-6-11-26(15-17)21(29)30-22(2,3)4/h8-9,12-13,17H,5-7,10-11,14-15H2,1-4H3,(H,23,27)/t17-/m0/s1. The first-order chi connectivity index (χ1) is 14.2. The van der Waals surface area contributed by atoms with Crippen molar-refractivity contribution in [1.82, 2.24) is 19.4 Å². The summed E-state index contributed by atoms with van der Waals surface area (Å²) in [5, 5.41) is 3.84.